The Balaban J connectivity index is 2.22. The van der Waals surface area contributed by atoms with E-state index >= 15 is 0 Å². The predicted molar refractivity (Wildman–Crippen MR) is 88.4 cm³/mol. The topological polar surface area (TPSA) is 63.8 Å². The van der Waals surface area contributed by atoms with Crippen LogP contribution in [0.3, 0.4) is 0 Å². The number of thiazole rings is 1. The van der Waals surface area contributed by atoms with Crippen LogP contribution in [-0.4, -0.2) is 15.0 Å². The van der Waals surface area contributed by atoms with Gasteiger partial charge in [-0.3, -0.25) is 4.98 Å². The number of nitrogens with zero attached hydrogens (tertiary/aromatic N) is 2. The lowest BCUT2D eigenvalue weighted by molar-refractivity contribution is 1.07. The van der Waals surface area contributed by atoms with E-state index in [1.165, 1.54) is 4.88 Å². The minimum absolute atomic E-state index is 0.367. The summed E-state index contributed by atoms with van der Waals surface area (Å²) in [6.07, 6.45) is 2.95. The Bertz CT molecular complexity index is 634. The minimum atomic E-state index is 0.367. The first kappa shape index (κ1) is 14.9. The van der Waals surface area contributed by atoms with Gasteiger partial charge in [0.2, 0.25) is 0 Å². The Morgan fingerprint density at radius 3 is 2.80 bits per heavy atom. The summed E-state index contributed by atoms with van der Waals surface area (Å²) in [6, 6.07) is 1.97. The van der Waals surface area contributed by atoms with Crippen LogP contribution < -0.4 is 11.1 Å². The molecule has 2 rings (SSSR count). The van der Waals surface area contributed by atoms with E-state index in [4.69, 9.17) is 18.0 Å². The molecule has 0 aromatic carbocycles. The molecular weight excluding hydrogens is 288 g/mol. The summed E-state index contributed by atoms with van der Waals surface area (Å²) in [5.41, 5.74) is 9.34. The second-order valence-corrected chi connectivity index (χ2v) is 6.20. The molecule has 0 amide bonds. The summed E-state index contributed by atoms with van der Waals surface area (Å²) in [7, 11) is 0. The summed E-state index contributed by atoms with van der Waals surface area (Å²) in [4.78, 5) is 10.5. The summed E-state index contributed by atoms with van der Waals surface area (Å²) in [6.45, 7) is 6.68. The van der Waals surface area contributed by atoms with E-state index in [2.05, 4.69) is 22.2 Å². The van der Waals surface area contributed by atoms with E-state index in [1.807, 2.05) is 26.1 Å². The number of pyridine rings is 1. The monoisotopic (exact) mass is 306 g/mol. The van der Waals surface area contributed by atoms with Crippen LogP contribution in [0.4, 0.5) is 5.69 Å². The Morgan fingerprint density at radius 2 is 2.20 bits per heavy atom. The van der Waals surface area contributed by atoms with Crippen molar-refractivity contribution in [3.05, 3.63) is 39.1 Å². The average Bonchev–Trinajstić information content (AvgIpc) is 2.82. The number of anilines is 1. The lowest BCUT2D eigenvalue weighted by atomic mass is 10.1. The van der Waals surface area contributed by atoms with E-state index in [1.54, 1.807) is 11.3 Å². The number of nitrogens with one attached hydrogen (secondary N) is 1. The molecule has 0 saturated heterocycles. The van der Waals surface area contributed by atoms with Gasteiger partial charge in [-0.2, -0.15) is 0 Å². The Labute approximate surface area is 128 Å². The molecule has 6 heteroatoms. The standard InChI is InChI=1S/C14H18N4S2/c1-4-10-6-17-12(20-10)7-16-11-5-8(2)18-9(3)13(11)14(15)19/h5-6H,4,7H2,1-3H3,(H2,15,19)(H,16,18). The highest BCUT2D eigenvalue weighted by atomic mass is 32.1. The van der Waals surface area contributed by atoms with Gasteiger partial charge < -0.3 is 11.1 Å². The highest BCUT2D eigenvalue weighted by Gasteiger charge is 2.11. The molecule has 3 N–H and O–H groups in total. The molecule has 0 aliphatic carbocycles. The number of aryl methyl sites for hydroxylation is 3. The van der Waals surface area contributed by atoms with Gasteiger partial charge in [0.1, 0.15) is 10.00 Å². The smallest absolute Gasteiger partial charge is 0.112 e. The molecular formula is C14H18N4S2. The molecule has 2 aromatic rings. The molecule has 0 radical (unpaired) electrons. The highest BCUT2D eigenvalue weighted by molar-refractivity contribution is 7.80. The maximum Gasteiger partial charge on any atom is 0.112 e. The van der Waals surface area contributed by atoms with Crippen molar-refractivity contribution in [3.63, 3.8) is 0 Å². The van der Waals surface area contributed by atoms with E-state index in [9.17, 15) is 0 Å². The second kappa shape index (κ2) is 6.28. The van der Waals surface area contributed by atoms with Crippen LogP contribution in [0.25, 0.3) is 0 Å². The lowest BCUT2D eigenvalue weighted by Gasteiger charge is -2.13. The van der Waals surface area contributed by atoms with Gasteiger partial charge in [0.25, 0.3) is 0 Å². The lowest BCUT2D eigenvalue weighted by Crippen LogP contribution is -2.16. The van der Waals surface area contributed by atoms with Crippen LogP contribution in [0.5, 0.6) is 0 Å². The number of hydrogen-bond donors (Lipinski definition) is 2. The van der Waals surface area contributed by atoms with Crippen molar-refractivity contribution in [1.29, 1.82) is 0 Å². The predicted octanol–water partition coefficient (Wildman–Crippen LogP) is 2.96. The summed E-state index contributed by atoms with van der Waals surface area (Å²) >= 11 is 6.84. The fourth-order valence-electron chi connectivity index (χ4n) is 2.04. The SMILES string of the molecule is CCc1cnc(CNc2cc(C)nc(C)c2C(N)=S)s1. The molecule has 4 nitrogen and oxygen atoms in total. The van der Waals surface area contributed by atoms with Crippen molar-refractivity contribution in [1.82, 2.24) is 9.97 Å². The van der Waals surface area contributed by atoms with Gasteiger partial charge in [-0.15, -0.1) is 11.3 Å². The Hall–Kier alpha value is -1.53. The van der Waals surface area contributed by atoms with Crippen LogP contribution in [-0.2, 0) is 13.0 Å². The van der Waals surface area contributed by atoms with Crippen LogP contribution in [0.15, 0.2) is 12.3 Å². The van der Waals surface area contributed by atoms with Gasteiger partial charge in [0.05, 0.1) is 12.1 Å². The molecule has 0 aliphatic rings. The molecule has 20 heavy (non-hydrogen) atoms. The maximum absolute atomic E-state index is 5.80. The average molecular weight is 306 g/mol. The fraction of sp³-hybridized carbons (Fsp3) is 0.357. The van der Waals surface area contributed by atoms with Crippen molar-refractivity contribution in [2.75, 3.05) is 5.32 Å². The number of aromatic nitrogens is 2. The molecule has 106 valence electrons. The third-order valence-electron chi connectivity index (χ3n) is 2.95. The highest BCUT2D eigenvalue weighted by Crippen LogP contribution is 2.21. The molecule has 2 heterocycles. The van der Waals surface area contributed by atoms with Gasteiger partial charge in [-0.05, 0) is 26.3 Å². The Morgan fingerprint density at radius 1 is 1.45 bits per heavy atom. The van der Waals surface area contributed by atoms with Gasteiger partial charge in [-0.1, -0.05) is 19.1 Å². The van der Waals surface area contributed by atoms with E-state index in [-0.39, 0.29) is 0 Å². The van der Waals surface area contributed by atoms with Crippen LogP contribution >= 0.6 is 23.6 Å². The van der Waals surface area contributed by atoms with Gasteiger partial charge in [0.15, 0.2) is 0 Å². The third-order valence-corrected chi connectivity index (χ3v) is 4.30. The van der Waals surface area contributed by atoms with Crippen molar-refractivity contribution in [2.45, 2.75) is 33.7 Å². The van der Waals surface area contributed by atoms with Crippen LogP contribution in [0.2, 0.25) is 0 Å². The minimum Gasteiger partial charge on any atom is -0.389 e. The first-order valence-electron chi connectivity index (χ1n) is 6.46. The van der Waals surface area contributed by atoms with Crippen molar-refractivity contribution in [3.8, 4) is 0 Å². The van der Waals surface area contributed by atoms with Gasteiger partial charge in [0, 0.05) is 28.1 Å². The summed E-state index contributed by atoms with van der Waals surface area (Å²) < 4.78 is 0. The number of hydrogen-bond acceptors (Lipinski definition) is 5. The number of nitrogens with two attached hydrogens (primary N) is 1. The zero-order chi connectivity index (χ0) is 14.7. The van der Waals surface area contributed by atoms with Crippen molar-refractivity contribution in [2.24, 2.45) is 5.73 Å². The van der Waals surface area contributed by atoms with Gasteiger partial charge in [-0.25, -0.2) is 4.98 Å². The van der Waals surface area contributed by atoms with Gasteiger partial charge >= 0.3 is 0 Å². The van der Waals surface area contributed by atoms with E-state index < -0.39 is 0 Å². The molecule has 0 bridgehead atoms. The zero-order valence-electron chi connectivity index (χ0n) is 11.9. The van der Waals surface area contributed by atoms with Crippen molar-refractivity contribution >= 4 is 34.2 Å². The molecule has 2 aromatic heterocycles. The summed E-state index contributed by atoms with van der Waals surface area (Å²) in [5.74, 6) is 0. The fourth-order valence-corrected chi connectivity index (χ4v) is 3.10. The van der Waals surface area contributed by atoms with Crippen molar-refractivity contribution < 1.29 is 0 Å². The third kappa shape index (κ3) is 3.32. The zero-order valence-corrected chi connectivity index (χ0v) is 13.5. The molecule has 0 fully saturated rings. The maximum atomic E-state index is 5.80. The summed E-state index contributed by atoms with van der Waals surface area (Å²) in [5, 5.41) is 4.43. The van der Waals surface area contributed by atoms with Crippen LogP contribution in [0.1, 0.15) is 33.8 Å². The largest absolute Gasteiger partial charge is 0.389 e. The normalized spacial score (nSPS) is 10.6. The van der Waals surface area contributed by atoms with Crippen LogP contribution in [0, 0.1) is 13.8 Å². The van der Waals surface area contributed by atoms with E-state index in [0.717, 1.165) is 34.1 Å². The molecule has 0 atom stereocenters. The molecule has 0 spiro atoms. The quantitative estimate of drug-likeness (QED) is 0.832. The number of thiocarbonyl (C=S) groups is 1. The first-order valence-corrected chi connectivity index (χ1v) is 7.69. The van der Waals surface area contributed by atoms with E-state index in [0.29, 0.717) is 11.5 Å². The molecule has 0 saturated carbocycles. The molecule has 0 aliphatic heterocycles. The first-order chi connectivity index (χ1) is 9.51. The Kier molecular flexibility index (Phi) is 4.67. The second-order valence-electron chi connectivity index (χ2n) is 4.56. The number of rotatable bonds is 5. The molecule has 0 unspecified atom stereocenters.